The van der Waals surface area contributed by atoms with E-state index < -0.39 is 12.4 Å². The van der Waals surface area contributed by atoms with Crippen molar-refractivity contribution in [3.8, 4) is 6.07 Å². The Morgan fingerprint density at radius 3 is 2.56 bits per heavy atom. The summed E-state index contributed by atoms with van der Waals surface area (Å²) >= 11 is 0. The fraction of sp³-hybridized carbons (Fsp3) is 0.273. The summed E-state index contributed by atoms with van der Waals surface area (Å²) in [5.74, 6) is -0.793. The first-order valence-electron chi connectivity index (χ1n) is 4.42. The number of hydrogen-bond donors (Lipinski definition) is 0. The molecule has 0 fully saturated rings. The molecule has 1 aromatic rings. The van der Waals surface area contributed by atoms with Gasteiger partial charge in [0, 0.05) is 5.56 Å². The second-order valence-electron chi connectivity index (χ2n) is 3.16. The molecular weight excluding hydrogens is 216 g/mol. The maximum absolute atomic E-state index is 12.6. The lowest BCUT2D eigenvalue weighted by molar-refractivity contribution is 0.0600. The van der Waals surface area contributed by atoms with Gasteiger partial charge in [-0.2, -0.15) is 5.26 Å². The number of carbonyl (C=O) groups is 1. The summed E-state index contributed by atoms with van der Waals surface area (Å²) in [4.78, 5) is 11.3. The molecule has 0 spiro atoms. The van der Waals surface area contributed by atoms with Crippen molar-refractivity contribution >= 4 is 5.97 Å². The van der Waals surface area contributed by atoms with Crippen molar-refractivity contribution in [2.75, 3.05) is 7.11 Å². The van der Waals surface area contributed by atoms with Gasteiger partial charge in [-0.1, -0.05) is 0 Å². The largest absolute Gasteiger partial charge is 0.465 e. The van der Waals surface area contributed by atoms with E-state index in [0.717, 1.165) is 13.2 Å². The van der Waals surface area contributed by atoms with Gasteiger partial charge in [0.25, 0.3) is 6.43 Å². The monoisotopic (exact) mass is 225 g/mol. The SMILES string of the molecule is COC(=O)c1cc(C(F)F)c(C)cc1C#N. The standard InChI is InChI=1S/C11H9F2NO2/c1-6-3-7(5-14)9(11(15)16-2)4-8(6)10(12)13/h3-4,10H,1-2H3. The van der Waals surface area contributed by atoms with Crippen LogP contribution in [0, 0.1) is 18.3 Å². The molecule has 0 aliphatic rings. The van der Waals surface area contributed by atoms with Crippen LogP contribution >= 0.6 is 0 Å². The summed E-state index contributed by atoms with van der Waals surface area (Å²) < 4.78 is 29.6. The van der Waals surface area contributed by atoms with E-state index in [1.54, 1.807) is 6.07 Å². The average Bonchev–Trinajstić information content (AvgIpc) is 2.27. The smallest absolute Gasteiger partial charge is 0.339 e. The highest BCUT2D eigenvalue weighted by Crippen LogP contribution is 2.26. The molecule has 5 heteroatoms. The quantitative estimate of drug-likeness (QED) is 0.727. The van der Waals surface area contributed by atoms with Gasteiger partial charge >= 0.3 is 5.97 Å². The van der Waals surface area contributed by atoms with E-state index in [2.05, 4.69) is 4.74 Å². The minimum absolute atomic E-state index is 0.0359. The predicted octanol–water partition coefficient (Wildman–Crippen LogP) is 2.59. The van der Waals surface area contributed by atoms with Crippen LogP contribution < -0.4 is 0 Å². The van der Waals surface area contributed by atoms with Crippen LogP contribution in [0.5, 0.6) is 0 Å². The Morgan fingerprint density at radius 2 is 2.12 bits per heavy atom. The molecule has 1 aromatic carbocycles. The van der Waals surface area contributed by atoms with E-state index in [0.29, 0.717) is 0 Å². The second kappa shape index (κ2) is 4.71. The number of nitrogens with zero attached hydrogens (tertiary/aromatic N) is 1. The number of benzene rings is 1. The van der Waals surface area contributed by atoms with Crippen LogP contribution in [0.25, 0.3) is 0 Å². The molecule has 84 valence electrons. The number of carbonyl (C=O) groups excluding carboxylic acids is 1. The van der Waals surface area contributed by atoms with E-state index in [4.69, 9.17) is 5.26 Å². The van der Waals surface area contributed by atoms with Gasteiger partial charge in [0.05, 0.1) is 18.2 Å². The highest BCUT2D eigenvalue weighted by molar-refractivity contribution is 5.92. The summed E-state index contributed by atoms with van der Waals surface area (Å²) in [7, 11) is 1.13. The van der Waals surface area contributed by atoms with Gasteiger partial charge in [0.15, 0.2) is 0 Å². The van der Waals surface area contributed by atoms with E-state index >= 15 is 0 Å². The van der Waals surface area contributed by atoms with Crippen molar-refractivity contribution < 1.29 is 18.3 Å². The van der Waals surface area contributed by atoms with Crippen LogP contribution in [0.4, 0.5) is 8.78 Å². The van der Waals surface area contributed by atoms with E-state index in [9.17, 15) is 13.6 Å². The van der Waals surface area contributed by atoms with Crippen LogP contribution in [0.15, 0.2) is 12.1 Å². The zero-order valence-corrected chi connectivity index (χ0v) is 8.75. The summed E-state index contributed by atoms with van der Waals surface area (Å²) in [5, 5.41) is 8.77. The van der Waals surface area contributed by atoms with Gasteiger partial charge in [0.1, 0.15) is 6.07 Å². The Morgan fingerprint density at radius 1 is 1.50 bits per heavy atom. The van der Waals surface area contributed by atoms with Crippen molar-refractivity contribution in [2.24, 2.45) is 0 Å². The summed E-state index contributed by atoms with van der Waals surface area (Å²) in [5.41, 5.74) is -0.0850. The lowest BCUT2D eigenvalue weighted by Crippen LogP contribution is -2.06. The zero-order chi connectivity index (χ0) is 12.3. The minimum atomic E-state index is -2.68. The van der Waals surface area contributed by atoms with Gasteiger partial charge in [-0.3, -0.25) is 0 Å². The third kappa shape index (κ3) is 2.16. The van der Waals surface area contributed by atoms with Gasteiger partial charge in [-0.15, -0.1) is 0 Å². The summed E-state index contributed by atoms with van der Waals surface area (Å²) in [6.07, 6.45) is -2.68. The topological polar surface area (TPSA) is 50.1 Å². The van der Waals surface area contributed by atoms with Crippen molar-refractivity contribution in [1.29, 1.82) is 5.26 Å². The van der Waals surface area contributed by atoms with E-state index in [-0.39, 0.29) is 22.3 Å². The first-order valence-corrected chi connectivity index (χ1v) is 4.42. The molecule has 16 heavy (non-hydrogen) atoms. The normalized spacial score (nSPS) is 10.0. The highest BCUT2D eigenvalue weighted by atomic mass is 19.3. The Balaban J connectivity index is 3.42. The van der Waals surface area contributed by atoms with Crippen LogP contribution in [-0.4, -0.2) is 13.1 Å². The molecular formula is C11H9F2NO2. The number of aryl methyl sites for hydroxylation is 1. The number of ether oxygens (including phenoxy) is 1. The van der Waals surface area contributed by atoms with Crippen LogP contribution in [0.2, 0.25) is 0 Å². The third-order valence-electron chi connectivity index (χ3n) is 2.17. The Hall–Kier alpha value is -1.96. The average molecular weight is 225 g/mol. The molecule has 0 radical (unpaired) electrons. The van der Waals surface area contributed by atoms with Gasteiger partial charge in [-0.05, 0) is 24.6 Å². The number of alkyl halides is 2. The maximum atomic E-state index is 12.6. The highest BCUT2D eigenvalue weighted by Gasteiger charge is 2.18. The lowest BCUT2D eigenvalue weighted by Gasteiger charge is -2.08. The van der Waals surface area contributed by atoms with Gasteiger partial charge < -0.3 is 4.74 Å². The predicted molar refractivity (Wildman–Crippen MR) is 52.2 cm³/mol. The van der Waals surface area contributed by atoms with Crippen LogP contribution in [0.3, 0.4) is 0 Å². The van der Waals surface area contributed by atoms with Crippen molar-refractivity contribution in [2.45, 2.75) is 13.3 Å². The molecule has 0 N–H and O–H groups in total. The third-order valence-corrected chi connectivity index (χ3v) is 2.17. The minimum Gasteiger partial charge on any atom is -0.465 e. The van der Waals surface area contributed by atoms with Crippen LogP contribution in [0.1, 0.15) is 33.5 Å². The number of methoxy groups -OCH3 is 1. The Labute approximate surface area is 91.3 Å². The second-order valence-corrected chi connectivity index (χ2v) is 3.16. The first kappa shape index (κ1) is 12.1. The van der Waals surface area contributed by atoms with Gasteiger partial charge in [0.2, 0.25) is 0 Å². The first-order chi connectivity index (χ1) is 7.51. The number of esters is 1. The Bertz CT molecular complexity index is 464. The molecule has 0 saturated carbocycles. The van der Waals surface area contributed by atoms with Crippen molar-refractivity contribution in [3.63, 3.8) is 0 Å². The molecule has 0 amide bonds. The molecule has 0 aromatic heterocycles. The molecule has 0 atom stereocenters. The van der Waals surface area contributed by atoms with Crippen molar-refractivity contribution in [3.05, 3.63) is 34.4 Å². The molecule has 0 heterocycles. The molecule has 0 aliphatic heterocycles. The Kier molecular flexibility index (Phi) is 3.56. The van der Waals surface area contributed by atoms with Gasteiger partial charge in [-0.25, -0.2) is 13.6 Å². The summed E-state index contributed by atoms with van der Waals surface area (Å²) in [6.45, 7) is 1.46. The molecule has 3 nitrogen and oxygen atoms in total. The van der Waals surface area contributed by atoms with E-state index in [1.165, 1.54) is 13.0 Å². The lowest BCUT2D eigenvalue weighted by atomic mass is 10.00. The number of hydrogen-bond acceptors (Lipinski definition) is 3. The van der Waals surface area contributed by atoms with Crippen molar-refractivity contribution in [1.82, 2.24) is 0 Å². The van der Waals surface area contributed by atoms with Crippen LogP contribution in [-0.2, 0) is 4.74 Å². The molecule has 0 unspecified atom stereocenters. The molecule has 0 aliphatic carbocycles. The number of halogens is 2. The number of rotatable bonds is 2. The zero-order valence-electron chi connectivity index (χ0n) is 8.75. The fourth-order valence-electron chi connectivity index (χ4n) is 1.33. The fourth-order valence-corrected chi connectivity index (χ4v) is 1.33. The number of nitriles is 1. The maximum Gasteiger partial charge on any atom is 0.339 e. The molecule has 1 rings (SSSR count). The molecule has 0 bridgehead atoms. The van der Waals surface area contributed by atoms with E-state index in [1.807, 2.05) is 0 Å². The summed E-state index contributed by atoms with van der Waals surface area (Å²) in [6, 6.07) is 4.03. The molecule has 0 saturated heterocycles.